The van der Waals surface area contributed by atoms with Gasteiger partial charge in [-0.2, -0.15) is 0 Å². The van der Waals surface area contributed by atoms with Crippen LogP contribution in [-0.2, 0) is 14.3 Å². The summed E-state index contributed by atoms with van der Waals surface area (Å²) in [5, 5.41) is 11.2. The van der Waals surface area contributed by atoms with Crippen molar-refractivity contribution in [3.05, 3.63) is 36.4 Å². The van der Waals surface area contributed by atoms with Crippen molar-refractivity contribution in [2.75, 3.05) is 0 Å². The SMILES string of the molecule is CCC(C)(C)C(=O)OC1(CC)CC2CC1C1C3CCC(C3)C21.CCC(C)(C)C(=O)Oc1cccc2c(O)cccc12. The Labute approximate surface area is 246 Å². The van der Waals surface area contributed by atoms with Gasteiger partial charge in [0.15, 0.2) is 0 Å². The highest BCUT2D eigenvalue weighted by molar-refractivity contribution is 5.94. The van der Waals surface area contributed by atoms with Gasteiger partial charge in [-0.05, 0) is 121 Å². The minimum Gasteiger partial charge on any atom is -0.507 e. The van der Waals surface area contributed by atoms with Crippen LogP contribution in [0.15, 0.2) is 36.4 Å². The molecule has 0 aromatic heterocycles. The van der Waals surface area contributed by atoms with E-state index >= 15 is 0 Å². The molecule has 0 spiro atoms. The monoisotopic (exact) mass is 562 g/mol. The highest BCUT2D eigenvalue weighted by atomic mass is 16.6. The summed E-state index contributed by atoms with van der Waals surface area (Å²) >= 11 is 0. The van der Waals surface area contributed by atoms with Gasteiger partial charge in [0.25, 0.3) is 0 Å². The predicted octanol–water partition coefficient (Wildman–Crippen LogP) is 8.70. The number of hydrogen-bond donors (Lipinski definition) is 1. The van der Waals surface area contributed by atoms with Gasteiger partial charge < -0.3 is 14.6 Å². The topological polar surface area (TPSA) is 72.8 Å². The second-order valence-electron chi connectivity index (χ2n) is 14.6. The third-order valence-electron chi connectivity index (χ3n) is 11.7. The number of rotatable bonds is 7. The van der Waals surface area contributed by atoms with Gasteiger partial charge in [-0.15, -0.1) is 0 Å². The molecule has 4 bridgehead atoms. The zero-order chi connectivity index (χ0) is 29.7. The summed E-state index contributed by atoms with van der Waals surface area (Å²) < 4.78 is 11.8. The van der Waals surface area contributed by atoms with E-state index in [0.717, 1.165) is 54.2 Å². The maximum absolute atomic E-state index is 12.7. The molecule has 7 unspecified atom stereocenters. The number of esters is 2. The molecule has 4 aliphatic rings. The van der Waals surface area contributed by atoms with Crippen LogP contribution < -0.4 is 4.74 Å². The number of carbonyl (C=O) groups excluding carboxylic acids is 2. The fraction of sp³-hybridized carbons (Fsp3) is 0.667. The van der Waals surface area contributed by atoms with Crippen molar-refractivity contribution in [1.82, 2.24) is 0 Å². The van der Waals surface area contributed by atoms with Crippen LogP contribution in [0, 0.1) is 46.3 Å². The smallest absolute Gasteiger partial charge is 0.316 e. The summed E-state index contributed by atoms with van der Waals surface area (Å²) in [7, 11) is 0. The van der Waals surface area contributed by atoms with Gasteiger partial charge in [0.05, 0.1) is 10.8 Å². The van der Waals surface area contributed by atoms with E-state index in [9.17, 15) is 14.7 Å². The molecule has 0 saturated heterocycles. The fourth-order valence-corrected chi connectivity index (χ4v) is 8.50. The second kappa shape index (κ2) is 10.9. The lowest BCUT2D eigenvalue weighted by atomic mass is 9.65. The van der Waals surface area contributed by atoms with Crippen molar-refractivity contribution in [1.29, 1.82) is 0 Å². The quantitative estimate of drug-likeness (QED) is 0.208. The summed E-state index contributed by atoms with van der Waals surface area (Å²) in [4.78, 5) is 24.8. The maximum Gasteiger partial charge on any atom is 0.316 e. The average Bonchev–Trinajstić information content (AvgIpc) is 3.74. The Balaban J connectivity index is 0.000000167. The van der Waals surface area contributed by atoms with Crippen LogP contribution in [0.3, 0.4) is 0 Å². The zero-order valence-electron chi connectivity index (χ0n) is 26.2. The van der Waals surface area contributed by atoms with Gasteiger partial charge in [-0.1, -0.05) is 45.0 Å². The van der Waals surface area contributed by atoms with Gasteiger partial charge in [-0.25, -0.2) is 0 Å². The summed E-state index contributed by atoms with van der Waals surface area (Å²) in [6, 6.07) is 10.5. The lowest BCUT2D eigenvalue weighted by Gasteiger charge is -2.46. The third-order valence-corrected chi connectivity index (χ3v) is 11.7. The number of fused-ring (bicyclic) bond motifs is 10. The summed E-state index contributed by atoms with van der Waals surface area (Å²) in [5.41, 5.74) is -0.975. The number of benzene rings is 2. The summed E-state index contributed by atoms with van der Waals surface area (Å²) in [5.74, 6) is 5.82. The Morgan fingerprint density at radius 1 is 0.829 bits per heavy atom. The first-order valence-electron chi connectivity index (χ1n) is 16.0. The number of hydrogen-bond acceptors (Lipinski definition) is 5. The van der Waals surface area contributed by atoms with Crippen LogP contribution in [0.25, 0.3) is 10.8 Å². The number of ether oxygens (including phenoxy) is 2. The lowest BCUT2D eigenvalue weighted by molar-refractivity contribution is -0.183. The normalized spacial score (nSPS) is 31.5. The Bertz CT molecular complexity index is 1290. The molecule has 0 amide bonds. The van der Waals surface area contributed by atoms with Crippen LogP contribution >= 0.6 is 0 Å². The molecule has 7 atom stereocenters. The minimum atomic E-state index is -0.515. The molecule has 0 heterocycles. The molecule has 2 aromatic rings. The molecule has 4 aliphatic carbocycles. The molecular formula is C36H50O5. The van der Waals surface area contributed by atoms with Gasteiger partial charge in [0.1, 0.15) is 17.1 Å². The molecule has 2 aromatic carbocycles. The highest BCUT2D eigenvalue weighted by Crippen LogP contribution is 2.71. The van der Waals surface area contributed by atoms with E-state index in [1.54, 1.807) is 30.3 Å². The largest absolute Gasteiger partial charge is 0.507 e. The van der Waals surface area contributed by atoms with Gasteiger partial charge in [0.2, 0.25) is 0 Å². The second-order valence-corrected chi connectivity index (χ2v) is 14.6. The number of aromatic hydroxyl groups is 1. The molecule has 0 radical (unpaired) electrons. The Kier molecular flexibility index (Phi) is 7.98. The van der Waals surface area contributed by atoms with E-state index in [1.807, 2.05) is 40.7 Å². The van der Waals surface area contributed by atoms with Crippen molar-refractivity contribution in [2.45, 2.75) is 105 Å². The van der Waals surface area contributed by atoms with Gasteiger partial charge in [0, 0.05) is 16.7 Å². The first-order valence-corrected chi connectivity index (χ1v) is 16.0. The number of phenolic OH excluding ortho intramolecular Hbond substituents is 1. The molecule has 41 heavy (non-hydrogen) atoms. The molecule has 4 fully saturated rings. The summed E-state index contributed by atoms with van der Waals surface area (Å²) in [6.07, 6.45) is 9.50. The van der Waals surface area contributed by atoms with Gasteiger partial charge >= 0.3 is 11.9 Å². The van der Waals surface area contributed by atoms with Crippen LogP contribution in [-0.4, -0.2) is 22.6 Å². The van der Waals surface area contributed by atoms with Crippen molar-refractivity contribution in [3.8, 4) is 11.5 Å². The average molecular weight is 563 g/mol. The van der Waals surface area contributed by atoms with E-state index in [4.69, 9.17) is 9.47 Å². The molecule has 5 heteroatoms. The van der Waals surface area contributed by atoms with Crippen LogP contribution in [0.2, 0.25) is 0 Å². The van der Waals surface area contributed by atoms with E-state index in [-0.39, 0.29) is 28.7 Å². The van der Waals surface area contributed by atoms with E-state index < -0.39 is 5.41 Å². The first-order chi connectivity index (χ1) is 19.4. The summed E-state index contributed by atoms with van der Waals surface area (Å²) in [6.45, 7) is 14.1. The number of phenols is 1. The van der Waals surface area contributed by atoms with Gasteiger partial charge in [-0.3, -0.25) is 9.59 Å². The first kappa shape index (κ1) is 29.9. The Morgan fingerprint density at radius 2 is 1.44 bits per heavy atom. The fourth-order valence-electron chi connectivity index (χ4n) is 8.50. The Morgan fingerprint density at radius 3 is 2.10 bits per heavy atom. The molecule has 6 rings (SSSR count). The predicted molar refractivity (Wildman–Crippen MR) is 163 cm³/mol. The maximum atomic E-state index is 12.7. The molecule has 5 nitrogen and oxygen atoms in total. The van der Waals surface area contributed by atoms with E-state index in [1.165, 1.54) is 25.7 Å². The molecule has 1 N–H and O–H groups in total. The van der Waals surface area contributed by atoms with Crippen molar-refractivity contribution in [3.63, 3.8) is 0 Å². The van der Waals surface area contributed by atoms with Crippen molar-refractivity contribution < 1.29 is 24.2 Å². The van der Waals surface area contributed by atoms with Crippen LogP contribution in [0.4, 0.5) is 0 Å². The van der Waals surface area contributed by atoms with Crippen LogP contribution in [0.5, 0.6) is 11.5 Å². The molecular weight excluding hydrogens is 512 g/mol. The molecule has 0 aliphatic heterocycles. The van der Waals surface area contributed by atoms with Crippen molar-refractivity contribution in [2.24, 2.45) is 46.3 Å². The molecule has 224 valence electrons. The lowest BCUT2D eigenvalue weighted by Crippen LogP contribution is -2.49. The number of carbonyl (C=O) groups is 2. The standard InChI is InChI=1S/C20H32O2.C16H18O3/c1-5-19(3,4)18(21)22-20(6-2)11-14-10-15(20)17-13-8-7-12(9-13)16(14)17;1-4-16(2,3)15(18)19-14-10-6-7-11-12(14)8-5-9-13(11)17/h12-17H,5-11H2,1-4H3;5-10,17H,4H2,1-3H3. The molecule has 4 saturated carbocycles. The van der Waals surface area contributed by atoms with E-state index in [2.05, 4.69) is 13.8 Å². The van der Waals surface area contributed by atoms with Crippen molar-refractivity contribution >= 4 is 22.7 Å². The third kappa shape index (κ3) is 5.16. The van der Waals surface area contributed by atoms with Crippen LogP contribution in [0.1, 0.15) is 99.8 Å². The zero-order valence-corrected chi connectivity index (χ0v) is 26.2. The minimum absolute atomic E-state index is 0.0455. The Hall–Kier alpha value is -2.56. The van der Waals surface area contributed by atoms with E-state index in [0.29, 0.717) is 23.5 Å². The highest BCUT2D eigenvalue weighted by Gasteiger charge is 2.68.